The van der Waals surface area contributed by atoms with Gasteiger partial charge in [-0.2, -0.15) is 5.10 Å². The maximum atomic E-state index is 13.4. The van der Waals surface area contributed by atoms with Crippen molar-refractivity contribution in [3.8, 4) is 0 Å². The number of carbonyl (C=O) groups is 3. The fourth-order valence-corrected chi connectivity index (χ4v) is 7.05. The summed E-state index contributed by atoms with van der Waals surface area (Å²) in [7, 11) is 3.73. The fraction of sp³-hybridized carbons (Fsp3) is 0.424. The minimum atomic E-state index is -0.385. The Hall–Kier alpha value is -4.07. The van der Waals surface area contributed by atoms with Gasteiger partial charge in [-0.05, 0) is 70.7 Å². The number of likely N-dealkylation sites (tertiary alicyclic amines) is 1. The number of rotatable bonds is 7. The Morgan fingerprint density at radius 2 is 1.76 bits per heavy atom. The van der Waals surface area contributed by atoms with Crippen LogP contribution >= 0.6 is 15.9 Å². The van der Waals surface area contributed by atoms with E-state index >= 15 is 0 Å². The molecule has 0 radical (unpaired) electrons. The molecule has 0 spiro atoms. The molecule has 4 heterocycles. The molecule has 3 fully saturated rings. The maximum absolute atomic E-state index is 13.4. The SMILES string of the molecule is CN1C[C@@H](Nc2cnn(C)c(=O)c2Br)C[C@@H](c2ccc(C(=O)N3CCN(Cc4cccc(N5CCC(=O)NC5=O)c4)CC3)cc2)C1. The van der Waals surface area contributed by atoms with Crippen LogP contribution in [-0.4, -0.2) is 101 Å². The van der Waals surface area contributed by atoms with Gasteiger partial charge in [-0.25, -0.2) is 9.48 Å². The van der Waals surface area contributed by atoms with Crippen molar-refractivity contribution in [1.29, 1.82) is 0 Å². The number of nitrogens with one attached hydrogen (secondary N) is 2. The van der Waals surface area contributed by atoms with E-state index in [1.807, 2.05) is 41.3 Å². The first-order valence-electron chi connectivity index (χ1n) is 15.6. The van der Waals surface area contributed by atoms with E-state index in [1.165, 1.54) is 10.2 Å². The third-order valence-electron chi connectivity index (χ3n) is 9.04. The van der Waals surface area contributed by atoms with Crippen molar-refractivity contribution in [2.24, 2.45) is 7.05 Å². The van der Waals surface area contributed by atoms with Crippen molar-refractivity contribution in [1.82, 2.24) is 29.8 Å². The highest BCUT2D eigenvalue weighted by Gasteiger charge is 2.29. The van der Waals surface area contributed by atoms with E-state index in [0.717, 1.165) is 50.4 Å². The molecular formula is C33H39BrN8O4. The van der Waals surface area contributed by atoms with E-state index in [-0.39, 0.29) is 35.4 Å². The third-order valence-corrected chi connectivity index (χ3v) is 9.81. The Morgan fingerprint density at radius 3 is 2.50 bits per heavy atom. The molecule has 12 nitrogen and oxygen atoms in total. The topological polar surface area (TPSA) is 123 Å². The summed E-state index contributed by atoms with van der Waals surface area (Å²) in [6.45, 7) is 5.66. The molecule has 46 heavy (non-hydrogen) atoms. The molecule has 13 heteroatoms. The molecular weight excluding hydrogens is 652 g/mol. The Kier molecular flexibility index (Phi) is 9.52. The predicted molar refractivity (Wildman–Crippen MR) is 179 cm³/mol. The number of anilines is 2. The fourth-order valence-electron chi connectivity index (χ4n) is 6.58. The predicted octanol–water partition coefficient (Wildman–Crippen LogP) is 2.85. The summed E-state index contributed by atoms with van der Waals surface area (Å²) in [5.74, 6) is 0.0837. The molecule has 4 amide bonds. The molecule has 0 saturated carbocycles. The standard InChI is InChI=1S/C33H39BrN8O4/c1-38-20-25(17-26(21-38)36-28-18-35-39(2)32(45)30(28)34)23-6-8-24(9-7-23)31(44)41-14-12-40(13-15-41)19-22-4-3-5-27(16-22)42-11-10-29(43)37-33(42)46/h3-9,16,18,25-26,36H,10-15,17,19-21H2,1-2H3,(H,37,43,46)/t25-,26+/m1/s1. The molecule has 3 aliphatic heterocycles. The minimum absolute atomic E-state index is 0.0437. The first-order chi connectivity index (χ1) is 22.1. The Morgan fingerprint density at radius 1 is 1.00 bits per heavy atom. The lowest BCUT2D eigenvalue weighted by molar-refractivity contribution is -0.120. The molecule has 2 N–H and O–H groups in total. The van der Waals surface area contributed by atoms with Crippen molar-refractivity contribution in [2.75, 3.05) is 63.1 Å². The van der Waals surface area contributed by atoms with Gasteiger partial charge in [-0.3, -0.25) is 29.5 Å². The van der Waals surface area contributed by atoms with Crippen LogP contribution in [0.25, 0.3) is 0 Å². The Bertz CT molecular complexity index is 1670. The number of nitrogens with zero attached hydrogens (tertiary/aromatic N) is 6. The second-order valence-corrected chi connectivity index (χ2v) is 13.2. The third kappa shape index (κ3) is 7.16. The van der Waals surface area contributed by atoms with Crippen LogP contribution in [0.15, 0.2) is 64.0 Å². The zero-order chi connectivity index (χ0) is 32.4. The number of hydrogen-bond donors (Lipinski definition) is 2. The highest BCUT2D eigenvalue weighted by molar-refractivity contribution is 9.10. The summed E-state index contributed by atoms with van der Waals surface area (Å²) in [5, 5.41) is 10.0. The van der Waals surface area contributed by atoms with Gasteiger partial charge < -0.3 is 15.1 Å². The Balaban J connectivity index is 1.02. The number of likely N-dealkylation sites (N-methyl/N-ethyl adjacent to an activating group) is 1. The second-order valence-electron chi connectivity index (χ2n) is 12.4. The van der Waals surface area contributed by atoms with Crippen LogP contribution in [0.5, 0.6) is 0 Å². The van der Waals surface area contributed by atoms with Crippen molar-refractivity contribution >= 4 is 45.2 Å². The van der Waals surface area contributed by atoms with E-state index in [4.69, 9.17) is 0 Å². The van der Waals surface area contributed by atoms with Gasteiger partial charge in [-0.15, -0.1) is 0 Å². The first-order valence-corrected chi connectivity index (χ1v) is 16.4. The number of aryl methyl sites for hydroxylation is 1. The van der Waals surface area contributed by atoms with E-state index in [0.29, 0.717) is 41.8 Å². The molecule has 2 atom stereocenters. The average molecular weight is 692 g/mol. The number of piperidine rings is 1. The van der Waals surface area contributed by atoms with Crippen LogP contribution < -0.4 is 21.1 Å². The summed E-state index contributed by atoms with van der Waals surface area (Å²) in [6.07, 6.45) is 2.87. The molecule has 0 unspecified atom stereocenters. The van der Waals surface area contributed by atoms with Gasteiger partial charge in [0.15, 0.2) is 0 Å². The highest BCUT2D eigenvalue weighted by Crippen LogP contribution is 2.30. The largest absolute Gasteiger partial charge is 0.379 e. The van der Waals surface area contributed by atoms with E-state index in [1.54, 1.807) is 18.1 Å². The lowest BCUT2D eigenvalue weighted by Gasteiger charge is -2.37. The Labute approximate surface area is 276 Å². The van der Waals surface area contributed by atoms with Gasteiger partial charge in [0, 0.05) is 83.1 Å². The van der Waals surface area contributed by atoms with Gasteiger partial charge in [0.05, 0.1) is 11.9 Å². The van der Waals surface area contributed by atoms with Crippen LogP contribution in [0.4, 0.5) is 16.2 Å². The van der Waals surface area contributed by atoms with Crippen molar-refractivity contribution < 1.29 is 14.4 Å². The zero-order valence-corrected chi connectivity index (χ0v) is 27.7. The molecule has 1 aromatic heterocycles. The monoisotopic (exact) mass is 690 g/mol. The number of benzene rings is 2. The van der Waals surface area contributed by atoms with Crippen LogP contribution in [-0.2, 0) is 18.4 Å². The van der Waals surface area contributed by atoms with Crippen molar-refractivity contribution in [3.05, 3.63) is 86.2 Å². The van der Waals surface area contributed by atoms with Gasteiger partial charge in [0.25, 0.3) is 11.5 Å². The summed E-state index contributed by atoms with van der Waals surface area (Å²) in [4.78, 5) is 57.6. The van der Waals surface area contributed by atoms with Crippen molar-refractivity contribution in [3.63, 3.8) is 0 Å². The van der Waals surface area contributed by atoms with Crippen LogP contribution in [0, 0.1) is 0 Å². The molecule has 0 aliphatic carbocycles. The smallest absolute Gasteiger partial charge is 0.328 e. The summed E-state index contributed by atoms with van der Waals surface area (Å²) in [5.41, 5.74) is 4.26. The summed E-state index contributed by atoms with van der Waals surface area (Å²) < 4.78 is 1.79. The van der Waals surface area contributed by atoms with Gasteiger partial charge in [-0.1, -0.05) is 24.3 Å². The number of halogens is 1. The average Bonchev–Trinajstić information content (AvgIpc) is 3.05. The number of hydrogen-bond acceptors (Lipinski definition) is 8. The molecule has 3 aliphatic rings. The summed E-state index contributed by atoms with van der Waals surface area (Å²) >= 11 is 3.41. The lowest BCUT2D eigenvalue weighted by atomic mass is 9.87. The number of aromatic nitrogens is 2. The molecule has 6 rings (SSSR count). The number of urea groups is 1. The lowest BCUT2D eigenvalue weighted by Crippen LogP contribution is -2.49. The quantitative estimate of drug-likeness (QED) is 0.388. The van der Waals surface area contributed by atoms with Gasteiger partial charge >= 0.3 is 6.03 Å². The first kappa shape index (κ1) is 31.9. The normalized spacial score (nSPS) is 21.3. The number of amides is 4. The minimum Gasteiger partial charge on any atom is -0.379 e. The van der Waals surface area contributed by atoms with Crippen molar-refractivity contribution in [2.45, 2.75) is 31.3 Å². The van der Waals surface area contributed by atoms with Crippen LogP contribution in [0.1, 0.15) is 40.2 Å². The van der Waals surface area contributed by atoms with Gasteiger partial charge in [0.1, 0.15) is 4.47 Å². The zero-order valence-electron chi connectivity index (χ0n) is 26.1. The molecule has 2 aromatic carbocycles. The van der Waals surface area contributed by atoms with Crippen LogP contribution in [0.3, 0.4) is 0 Å². The number of imide groups is 1. The van der Waals surface area contributed by atoms with Crippen LogP contribution in [0.2, 0.25) is 0 Å². The number of piperazine rings is 1. The van der Waals surface area contributed by atoms with E-state index < -0.39 is 0 Å². The second kappa shape index (κ2) is 13.7. The highest BCUT2D eigenvalue weighted by atomic mass is 79.9. The van der Waals surface area contributed by atoms with E-state index in [2.05, 4.69) is 60.6 Å². The maximum Gasteiger partial charge on any atom is 0.328 e. The number of carbonyl (C=O) groups excluding carboxylic acids is 3. The van der Waals surface area contributed by atoms with E-state index in [9.17, 15) is 19.2 Å². The summed E-state index contributed by atoms with van der Waals surface area (Å²) in [6, 6.07) is 15.6. The van der Waals surface area contributed by atoms with Gasteiger partial charge in [0.2, 0.25) is 5.91 Å². The molecule has 3 aromatic rings. The molecule has 3 saturated heterocycles. The molecule has 0 bridgehead atoms. The molecule has 242 valence electrons.